The molecule has 2 N–H and O–H groups in total. The van der Waals surface area contributed by atoms with Gasteiger partial charge in [-0.15, -0.1) is 12.6 Å². The molecule has 0 aliphatic heterocycles. The van der Waals surface area contributed by atoms with Crippen LogP contribution < -0.4 is 10.5 Å². The van der Waals surface area contributed by atoms with Gasteiger partial charge in [0.05, 0.1) is 0 Å². The fourth-order valence-electron chi connectivity index (χ4n) is 0.652. The molecular formula is C7H7NO2S. The number of rotatable bonds is 1. The maximum Gasteiger partial charge on any atom is 0.410 e. The molecule has 0 aliphatic rings. The fraction of sp³-hybridized carbons (Fsp3) is 0. The standard InChI is InChI=1S/C7H7NO2S/c8-7(9)10-5-3-1-2-4-6(5)11/h1-4,11H,(H2,8,9). The number of para-hydroxylation sites is 1. The van der Waals surface area contributed by atoms with Crippen molar-refractivity contribution in [3.8, 4) is 5.75 Å². The first-order valence-corrected chi connectivity index (χ1v) is 3.40. The van der Waals surface area contributed by atoms with Crippen molar-refractivity contribution in [2.75, 3.05) is 0 Å². The summed E-state index contributed by atoms with van der Waals surface area (Å²) in [4.78, 5) is 10.9. The van der Waals surface area contributed by atoms with E-state index in [2.05, 4.69) is 17.4 Å². The van der Waals surface area contributed by atoms with Crippen LogP contribution in [0.15, 0.2) is 29.2 Å². The molecule has 1 rings (SSSR count). The van der Waals surface area contributed by atoms with Crippen LogP contribution in [0.2, 0.25) is 0 Å². The zero-order valence-electron chi connectivity index (χ0n) is 5.65. The molecule has 11 heavy (non-hydrogen) atoms. The number of benzene rings is 1. The highest BCUT2D eigenvalue weighted by Gasteiger charge is 2.00. The molecule has 0 aliphatic carbocycles. The number of carbonyl (C=O) groups excluding carboxylic acids is 1. The summed E-state index contributed by atoms with van der Waals surface area (Å²) in [5, 5.41) is 0. The number of carbonyl (C=O) groups is 1. The molecule has 0 heterocycles. The van der Waals surface area contributed by atoms with Gasteiger partial charge in [-0.05, 0) is 12.1 Å². The van der Waals surface area contributed by atoms with Crippen molar-refractivity contribution in [3.63, 3.8) is 0 Å². The quantitative estimate of drug-likeness (QED) is 0.625. The van der Waals surface area contributed by atoms with E-state index in [1.54, 1.807) is 24.3 Å². The summed E-state index contributed by atoms with van der Waals surface area (Å²) in [5.74, 6) is 0.378. The number of primary amides is 1. The molecule has 0 radical (unpaired) electrons. The molecule has 0 fully saturated rings. The topological polar surface area (TPSA) is 52.3 Å². The van der Waals surface area contributed by atoms with Gasteiger partial charge in [0.2, 0.25) is 0 Å². The number of thiol groups is 1. The smallest absolute Gasteiger partial charge is 0.409 e. The monoisotopic (exact) mass is 169 g/mol. The van der Waals surface area contributed by atoms with Gasteiger partial charge in [0.15, 0.2) is 0 Å². The van der Waals surface area contributed by atoms with Crippen molar-refractivity contribution < 1.29 is 9.53 Å². The van der Waals surface area contributed by atoms with Crippen LogP contribution in [-0.2, 0) is 0 Å². The minimum atomic E-state index is -0.827. The average molecular weight is 169 g/mol. The van der Waals surface area contributed by atoms with Crippen LogP contribution in [0.25, 0.3) is 0 Å². The Labute approximate surface area is 69.6 Å². The molecule has 0 saturated carbocycles. The highest BCUT2D eigenvalue weighted by molar-refractivity contribution is 7.80. The third kappa shape index (κ3) is 2.16. The summed E-state index contributed by atoms with van der Waals surface area (Å²) in [6.45, 7) is 0. The third-order valence-electron chi connectivity index (χ3n) is 1.08. The first-order chi connectivity index (χ1) is 5.20. The van der Waals surface area contributed by atoms with Crippen molar-refractivity contribution in [2.24, 2.45) is 5.73 Å². The molecule has 3 nitrogen and oxygen atoms in total. The normalized spacial score (nSPS) is 9.18. The molecule has 0 bridgehead atoms. The number of amides is 1. The lowest BCUT2D eigenvalue weighted by Crippen LogP contribution is -2.16. The van der Waals surface area contributed by atoms with E-state index >= 15 is 0 Å². The highest BCUT2D eigenvalue weighted by Crippen LogP contribution is 2.20. The Morgan fingerprint density at radius 1 is 1.45 bits per heavy atom. The first-order valence-electron chi connectivity index (χ1n) is 2.95. The van der Waals surface area contributed by atoms with Gasteiger partial charge in [-0.2, -0.15) is 0 Å². The molecule has 0 spiro atoms. The lowest BCUT2D eigenvalue weighted by molar-refractivity contribution is 0.210. The molecule has 0 aromatic heterocycles. The maximum atomic E-state index is 10.3. The molecule has 4 heteroatoms. The van der Waals surface area contributed by atoms with E-state index in [1.807, 2.05) is 0 Å². The molecule has 1 aromatic carbocycles. The largest absolute Gasteiger partial charge is 0.410 e. The Hall–Kier alpha value is -1.16. The van der Waals surface area contributed by atoms with E-state index in [1.165, 1.54) is 0 Å². The SMILES string of the molecule is NC(=O)Oc1ccccc1S. The number of nitrogens with two attached hydrogens (primary N) is 1. The zero-order chi connectivity index (χ0) is 8.27. The first kappa shape index (κ1) is 7.94. The molecule has 58 valence electrons. The molecular weight excluding hydrogens is 162 g/mol. The van der Waals surface area contributed by atoms with Crippen LogP contribution in [-0.4, -0.2) is 6.09 Å². The predicted octanol–water partition coefficient (Wildman–Crippen LogP) is 1.43. The zero-order valence-corrected chi connectivity index (χ0v) is 6.54. The van der Waals surface area contributed by atoms with Gasteiger partial charge >= 0.3 is 6.09 Å². The van der Waals surface area contributed by atoms with Gasteiger partial charge in [-0.3, -0.25) is 0 Å². The summed E-state index contributed by atoms with van der Waals surface area (Å²) < 4.78 is 4.61. The van der Waals surface area contributed by atoms with Gasteiger partial charge in [-0.1, -0.05) is 12.1 Å². The second-order valence-corrected chi connectivity index (χ2v) is 2.37. The molecule has 0 saturated heterocycles. The van der Waals surface area contributed by atoms with Crippen LogP contribution in [0.5, 0.6) is 5.75 Å². The number of hydrogen-bond acceptors (Lipinski definition) is 3. The van der Waals surface area contributed by atoms with E-state index < -0.39 is 6.09 Å². The lowest BCUT2D eigenvalue weighted by Gasteiger charge is -2.01. The van der Waals surface area contributed by atoms with E-state index in [9.17, 15) is 4.79 Å². The van der Waals surface area contributed by atoms with Crippen molar-refractivity contribution in [1.82, 2.24) is 0 Å². The molecule has 1 amide bonds. The Morgan fingerprint density at radius 3 is 2.64 bits per heavy atom. The average Bonchev–Trinajstić information content (AvgIpc) is 1.93. The van der Waals surface area contributed by atoms with Gasteiger partial charge in [0.25, 0.3) is 0 Å². The highest BCUT2D eigenvalue weighted by atomic mass is 32.1. The minimum Gasteiger partial charge on any atom is -0.409 e. The number of ether oxygens (including phenoxy) is 1. The van der Waals surface area contributed by atoms with Gasteiger partial charge in [-0.25, -0.2) is 4.79 Å². The lowest BCUT2D eigenvalue weighted by atomic mass is 10.3. The fourth-order valence-corrected chi connectivity index (χ4v) is 0.858. The predicted molar refractivity (Wildman–Crippen MR) is 43.9 cm³/mol. The maximum absolute atomic E-state index is 10.3. The third-order valence-corrected chi connectivity index (χ3v) is 1.45. The van der Waals surface area contributed by atoms with Crippen LogP contribution in [0, 0.1) is 0 Å². The Morgan fingerprint density at radius 2 is 2.09 bits per heavy atom. The summed E-state index contributed by atoms with van der Waals surface area (Å²) in [5.41, 5.74) is 4.80. The van der Waals surface area contributed by atoms with Crippen molar-refractivity contribution in [2.45, 2.75) is 4.90 Å². The minimum absolute atomic E-state index is 0.378. The summed E-state index contributed by atoms with van der Waals surface area (Å²) in [7, 11) is 0. The Kier molecular flexibility index (Phi) is 2.38. The van der Waals surface area contributed by atoms with Crippen molar-refractivity contribution >= 4 is 18.7 Å². The van der Waals surface area contributed by atoms with Crippen LogP contribution in [0.3, 0.4) is 0 Å². The second kappa shape index (κ2) is 3.30. The summed E-state index contributed by atoms with van der Waals surface area (Å²) in [6, 6.07) is 6.85. The van der Waals surface area contributed by atoms with E-state index in [-0.39, 0.29) is 0 Å². The number of hydrogen-bond donors (Lipinski definition) is 2. The van der Waals surface area contributed by atoms with Crippen molar-refractivity contribution in [3.05, 3.63) is 24.3 Å². The van der Waals surface area contributed by atoms with Gasteiger partial charge in [0, 0.05) is 4.90 Å². The summed E-state index contributed by atoms with van der Waals surface area (Å²) >= 11 is 4.04. The molecule has 1 aromatic rings. The second-order valence-electron chi connectivity index (χ2n) is 1.89. The van der Waals surface area contributed by atoms with Gasteiger partial charge in [0.1, 0.15) is 5.75 Å². The summed E-state index contributed by atoms with van der Waals surface area (Å²) in [6.07, 6.45) is -0.827. The van der Waals surface area contributed by atoms with Crippen molar-refractivity contribution in [1.29, 1.82) is 0 Å². The van der Waals surface area contributed by atoms with E-state index in [4.69, 9.17) is 5.73 Å². The van der Waals surface area contributed by atoms with Crippen LogP contribution in [0.1, 0.15) is 0 Å². The van der Waals surface area contributed by atoms with E-state index in [0.717, 1.165) is 0 Å². The van der Waals surface area contributed by atoms with Gasteiger partial charge < -0.3 is 10.5 Å². The van der Waals surface area contributed by atoms with Crippen LogP contribution in [0.4, 0.5) is 4.79 Å². The van der Waals surface area contributed by atoms with Crippen LogP contribution >= 0.6 is 12.6 Å². The molecule has 0 unspecified atom stereocenters. The Balaban J connectivity index is 2.86. The van der Waals surface area contributed by atoms with E-state index in [0.29, 0.717) is 10.6 Å². The molecule has 0 atom stereocenters. The Bertz CT molecular complexity index is 275.